The second-order valence-electron chi connectivity index (χ2n) is 9.71. The molecule has 31 heavy (non-hydrogen) atoms. The van der Waals surface area contributed by atoms with Crippen molar-refractivity contribution in [3.8, 4) is 0 Å². The van der Waals surface area contributed by atoms with Crippen molar-refractivity contribution < 1.29 is 14.3 Å². The molecule has 166 valence electrons. The summed E-state index contributed by atoms with van der Waals surface area (Å²) < 4.78 is 7.04. The van der Waals surface area contributed by atoms with Crippen LogP contribution in [0.2, 0.25) is 0 Å². The monoisotopic (exact) mass is 423 g/mol. The number of hydrogen-bond donors (Lipinski definition) is 2. The average molecular weight is 424 g/mol. The molecule has 2 aliphatic rings. The summed E-state index contributed by atoms with van der Waals surface area (Å²) in [4.78, 5) is 25.3. The first-order valence-electron chi connectivity index (χ1n) is 11.2. The van der Waals surface area contributed by atoms with Gasteiger partial charge in [0.25, 0.3) is 0 Å². The fourth-order valence-electron chi connectivity index (χ4n) is 5.61. The van der Waals surface area contributed by atoms with E-state index in [-0.39, 0.29) is 22.9 Å². The van der Waals surface area contributed by atoms with E-state index in [1.807, 2.05) is 34.9 Å². The lowest BCUT2D eigenvalue weighted by Gasteiger charge is -2.39. The van der Waals surface area contributed by atoms with Crippen LogP contribution in [-0.4, -0.2) is 29.2 Å². The maximum Gasteiger partial charge on any atom is 0.355 e. The minimum Gasteiger partial charge on any atom is -0.461 e. The van der Waals surface area contributed by atoms with E-state index in [2.05, 4.69) is 31.4 Å². The van der Waals surface area contributed by atoms with E-state index < -0.39 is 5.97 Å². The fraction of sp³-hybridized carbons (Fsp3) is 0.520. The number of fused-ring (bicyclic) bond motifs is 2. The van der Waals surface area contributed by atoms with Crippen LogP contribution in [0.1, 0.15) is 63.0 Å². The Hall–Kier alpha value is -2.76. The number of urea groups is 1. The Morgan fingerprint density at radius 3 is 2.55 bits per heavy atom. The van der Waals surface area contributed by atoms with Crippen LogP contribution in [0.15, 0.2) is 42.6 Å². The fourth-order valence-corrected chi connectivity index (χ4v) is 5.61. The highest BCUT2D eigenvalue weighted by atomic mass is 16.5. The summed E-state index contributed by atoms with van der Waals surface area (Å²) in [6.07, 6.45) is 5.22. The summed E-state index contributed by atoms with van der Waals surface area (Å²) in [5.74, 6) is 0.263. The lowest BCUT2D eigenvalue weighted by Crippen LogP contribution is -2.48. The van der Waals surface area contributed by atoms with Gasteiger partial charge < -0.3 is 19.9 Å². The first kappa shape index (κ1) is 21.5. The van der Waals surface area contributed by atoms with Gasteiger partial charge >= 0.3 is 12.0 Å². The number of nitrogens with zero attached hydrogens (tertiary/aromatic N) is 1. The van der Waals surface area contributed by atoms with Gasteiger partial charge in [0.05, 0.1) is 12.3 Å². The minimum atomic E-state index is -0.394. The van der Waals surface area contributed by atoms with E-state index >= 15 is 0 Å². The summed E-state index contributed by atoms with van der Waals surface area (Å²) in [6.45, 7) is 9.58. The number of carbonyl (C=O) groups is 2. The summed E-state index contributed by atoms with van der Waals surface area (Å²) >= 11 is 0. The van der Waals surface area contributed by atoms with Crippen LogP contribution in [0.5, 0.6) is 0 Å². The van der Waals surface area contributed by atoms with Crippen molar-refractivity contribution in [1.82, 2.24) is 9.88 Å². The Balaban J connectivity index is 1.48. The number of aromatic nitrogens is 1. The molecule has 2 aromatic rings. The Kier molecular flexibility index (Phi) is 5.58. The molecule has 6 heteroatoms. The van der Waals surface area contributed by atoms with Crippen molar-refractivity contribution in [2.45, 2.75) is 59.5 Å². The number of ether oxygens (including phenoxy) is 1. The van der Waals surface area contributed by atoms with Gasteiger partial charge in [0, 0.05) is 18.8 Å². The van der Waals surface area contributed by atoms with Crippen LogP contribution in [-0.2, 0) is 11.3 Å². The topological polar surface area (TPSA) is 72.4 Å². The predicted molar refractivity (Wildman–Crippen MR) is 121 cm³/mol. The molecule has 1 aromatic heterocycles. The first-order valence-corrected chi connectivity index (χ1v) is 11.2. The quantitative estimate of drug-likeness (QED) is 0.639. The lowest BCUT2D eigenvalue weighted by molar-refractivity contribution is 0.0514. The van der Waals surface area contributed by atoms with Crippen LogP contribution >= 0.6 is 0 Å². The molecule has 0 unspecified atom stereocenters. The summed E-state index contributed by atoms with van der Waals surface area (Å²) in [5, 5.41) is 6.15. The van der Waals surface area contributed by atoms with Gasteiger partial charge in [-0.15, -0.1) is 0 Å². The van der Waals surface area contributed by atoms with Crippen LogP contribution in [0.4, 0.5) is 10.5 Å². The van der Waals surface area contributed by atoms with Crippen molar-refractivity contribution in [2.24, 2.45) is 16.7 Å². The molecule has 2 fully saturated rings. The molecule has 2 saturated carbocycles. The van der Waals surface area contributed by atoms with E-state index in [9.17, 15) is 9.59 Å². The maximum atomic E-state index is 12.8. The van der Waals surface area contributed by atoms with Crippen molar-refractivity contribution in [3.05, 3.63) is 53.9 Å². The molecule has 0 saturated heterocycles. The van der Waals surface area contributed by atoms with Crippen LogP contribution in [0, 0.1) is 16.7 Å². The van der Waals surface area contributed by atoms with Crippen LogP contribution < -0.4 is 10.6 Å². The van der Waals surface area contributed by atoms with E-state index in [1.165, 1.54) is 6.42 Å². The Morgan fingerprint density at radius 2 is 1.94 bits per heavy atom. The standard InChI is InChI=1S/C25H33N3O3/c1-5-31-22(29)20-14-19(16-28(20)15-17-9-7-6-8-10-17)26-23(30)27-21-13-18-11-12-25(21,4)24(18,2)3/h6-10,14,16,18,21H,5,11-13,15H2,1-4H3,(H2,26,27,30)/t18-,21+,25+/m1/s1. The first-order chi connectivity index (χ1) is 14.7. The van der Waals surface area contributed by atoms with Gasteiger partial charge in [-0.3, -0.25) is 0 Å². The zero-order valence-electron chi connectivity index (χ0n) is 18.9. The number of amides is 2. The molecule has 0 aliphatic heterocycles. The molecule has 1 aromatic carbocycles. The molecule has 3 atom stereocenters. The number of hydrogen-bond acceptors (Lipinski definition) is 3. The molecule has 6 nitrogen and oxygen atoms in total. The van der Waals surface area contributed by atoms with E-state index in [0.717, 1.165) is 18.4 Å². The lowest BCUT2D eigenvalue weighted by atomic mass is 9.69. The van der Waals surface area contributed by atoms with Gasteiger partial charge in [-0.2, -0.15) is 0 Å². The summed E-state index contributed by atoms with van der Waals surface area (Å²) in [5.41, 5.74) is 2.43. The summed E-state index contributed by atoms with van der Waals surface area (Å²) in [6, 6.07) is 11.5. The molecular formula is C25H33N3O3. The molecular weight excluding hydrogens is 390 g/mol. The normalized spacial score (nSPS) is 25.9. The highest BCUT2D eigenvalue weighted by Crippen LogP contribution is 2.65. The van der Waals surface area contributed by atoms with Crippen molar-refractivity contribution in [1.29, 1.82) is 0 Å². The molecule has 2 N–H and O–H groups in total. The zero-order valence-corrected chi connectivity index (χ0v) is 18.9. The SMILES string of the molecule is CCOC(=O)c1cc(NC(=O)N[C@H]2C[C@H]3CC[C@]2(C)C3(C)C)cn1Cc1ccccc1. The Labute approximate surface area is 184 Å². The number of rotatable bonds is 6. The van der Waals surface area contributed by atoms with Gasteiger partial charge in [-0.25, -0.2) is 9.59 Å². The molecule has 2 amide bonds. The molecule has 0 radical (unpaired) electrons. The summed E-state index contributed by atoms with van der Waals surface area (Å²) in [7, 11) is 0. The third kappa shape index (κ3) is 3.84. The number of esters is 1. The molecule has 0 spiro atoms. The number of anilines is 1. The van der Waals surface area contributed by atoms with E-state index in [0.29, 0.717) is 30.5 Å². The Morgan fingerprint density at radius 1 is 1.19 bits per heavy atom. The van der Waals surface area contributed by atoms with Gasteiger partial charge in [-0.1, -0.05) is 51.1 Å². The molecule has 1 heterocycles. The largest absolute Gasteiger partial charge is 0.461 e. The second kappa shape index (κ2) is 8.06. The van der Waals surface area contributed by atoms with Crippen LogP contribution in [0.3, 0.4) is 0 Å². The maximum absolute atomic E-state index is 12.8. The third-order valence-corrected chi connectivity index (χ3v) is 7.93. The highest BCUT2D eigenvalue weighted by Gasteiger charge is 2.61. The van der Waals surface area contributed by atoms with Crippen molar-refractivity contribution in [2.75, 3.05) is 11.9 Å². The van der Waals surface area contributed by atoms with Crippen molar-refractivity contribution in [3.63, 3.8) is 0 Å². The predicted octanol–water partition coefficient (Wildman–Crippen LogP) is 5.05. The van der Waals surface area contributed by atoms with E-state index in [4.69, 9.17) is 4.74 Å². The average Bonchev–Trinajstić information content (AvgIpc) is 3.27. The molecule has 4 rings (SSSR count). The number of benzene rings is 1. The smallest absolute Gasteiger partial charge is 0.355 e. The minimum absolute atomic E-state index is 0.115. The molecule has 2 aliphatic carbocycles. The van der Waals surface area contributed by atoms with Crippen LogP contribution in [0.25, 0.3) is 0 Å². The second-order valence-corrected chi connectivity index (χ2v) is 9.71. The van der Waals surface area contributed by atoms with E-state index in [1.54, 1.807) is 19.2 Å². The van der Waals surface area contributed by atoms with Gasteiger partial charge in [-0.05, 0) is 54.6 Å². The highest BCUT2D eigenvalue weighted by molar-refractivity contribution is 5.93. The van der Waals surface area contributed by atoms with Crippen molar-refractivity contribution >= 4 is 17.7 Å². The Bertz CT molecular complexity index is 966. The number of nitrogens with one attached hydrogen (secondary N) is 2. The van der Waals surface area contributed by atoms with Gasteiger partial charge in [0.15, 0.2) is 0 Å². The molecule has 2 bridgehead atoms. The van der Waals surface area contributed by atoms with Gasteiger partial charge in [0.1, 0.15) is 5.69 Å². The number of carbonyl (C=O) groups excluding carboxylic acids is 2. The van der Waals surface area contributed by atoms with Gasteiger partial charge in [0.2, 0.25) is 0 Å². The zero-order chi connectivity index (χ0) is 22.2. The third-order valence-electron chi connectivity index (χ3n) is 7.93.